The quantitative estimate of drug-likeness (QED) is 0.863. The molecule has 2 N–H and O–H groups in total. The van der Waals surface area contributed by atoms with Gasteiger partial charge in [-0.3, -0.25) is 0 Å². The van der Waals surface area contributed by atoms with Crippen LogP contribution in [0.4, 0.5) is 0 Å². The highest BCUT2D eigenvalue weighted by Crippen LogP contribution is 2.33. The normalized spacial score (nSPS) is 19.7. The van der Waals surface area contributed by atoms with Crippen molar-refractivity contribution < 1.29 is 8.42 Å². The zero-order valence-corrected chi connectivity index (χ0v) is 13.6. The van der Waals surface area contributed by atoms with Gasteiger partial charge in [0.05, 0.1) is 9.88 Å². The number of rotatable bonds is 3. The summed E-state index contributed by atoms with van der Waals surface area (Å²) in [5.74, 6) is 0. The van der Waals surface area contributed by atoms with Gasteiger partial charge in [0, 0.05) is 23.5 Å². The van der Waals surface area contributed by atoms with E-state index in [1.54, 1.807) is 18.2 Å². The van der Waals surface area contributed by atoms with Crippen LogP contribution in [0.2, 0.25) is 5.02 Å². The predicted octanol–water partition coefficient (Wildman–Crippen LogP) is 2.42. The second-order valence-corrected chi connectivity index (χ2v) is 8.10. The Labute approximate surface area is 130 Å². The van der Waals surface area contributed by atoms with Crippen LogP contribution in [0.1, 0.15) is 19.8 Å². The molecule has 110 valence electrons. The van der Waals surface area contributed by atoms with E-state index in [-0.39, 0.29) is 10.3 Å². The first-order valence-electron chi connectivity index (χ1n) is 6.31. The third-order valence-electron chi connectivity index (χ3n) is 3.85. The molecule has 1 heterocycles. The Morgan fingerprint density at radius 1 is 1.40 bits per heavy atom. The molecular formula is C13H17ClN2O2S2. The average Bonchev–Trinajstić information content (AvgIpc) is 2.39. The Balaban J connectivity index is 2.20. The molecule has 0 unspecified atom stereocenters. The molecule has 1 aliphatic rings. The van der Waals surface area contributed by atoms with Crippen molar-refractivity contribution in [3.63, 3.8) is 0 Å². The number of nitrogens with zero attached hydrogens (tertiary/aromatic N) is 1. The fraction of sp³-hybridized carbons (Fsp3) is 0.462. The van der Waals surface area contributed by atoms with Crippen LogP contribution < -0.4 is 5.73 Å². The maximum absolute atomic E-state index is 12.5. The predicted molar refractivity (Wildman–Crippen MR) is 84.3 cm³/mol. The minimum absolute atomic E-state index is 0.226. The average molecular weight is 333 g/mol. The first kappa shape index (κ1) is 15.7. The van der Waals surface area contributed by atoms with Gasteiger partial charge in [-0.15, -0.1) is 0 Å². The summed E-state index contributed by atoms with van der Waals surface area (Å²) in [6, 6.07) is 6.32. The third-order valence-corrected chi connectivity index (χ3v) is 6.48. The molecule has 0 atom stereocenters. The molecular weight excluding hydrogens is 316 g/mol. The van der Waals surface area contributed by atoms with Crippen LogP contribution in [0.25, 0.3) is 0 Å². The molecule has 1 aromatic rings. The highest BCUT2D eigenvalue weighted by molar-refractivity contribution is 7.89. The van der Waals surface area contributed by atoms with Crippen molar-refractivity contribution in [1.82, 2.24) is 4.31 Å². The molecule has 0 aromatic heterocycles. The Morgan fingerprint density at radius 3 is 2.50 bits per heavy atom. The van der Waals surface area contributed by atoms with Gasteiger partial charge in [0.1, 0.15) is 0 Å². The summed E-state index contributed by atoms with van der Waals surface area (Å²) in [5.41, 5.74) is 5.48. The summed E-state index contributed by atoms with van der Waals surface area (Å²) >= 11 is 10.9. The van der Waals surface area contributed by atoms with Crippen LogP contribution in [0.15, 0.2) is 29.2 Å². The van der Waals surface area contributed by atoms with Crippen molar-refractivity contribution >= 4 is 38.8 Å². The van der Waals surface area contributed by atoms with E-state index < -0.39 is 10.0 Å². The van der Waals surface area contributed by atoms with Crippen LogP contribution in [-0.2, 0) is 10.0 Å². The standard InChI is InChI=1S/C13H17ClN2O2S2/c1-13(12(15)19)5-7-16(8-6-13)20(17,18)11-4-2-3-10(14)9-11/h2-4,9H,5-8H2,1H3,(H2,15,19). The summed E-state index contributed by atoms with van der Waals surface area (Å²) in [4.78, 5) is 0.682. The van der Waals surface area contributed by atoms with E-state index in [1.165, 1.54) is 10.4 Å². The van der Waals surface area contributed by atoms with Crippen molar-refractivity contribution in [2.24, 2.45) is 11.1 Å². The van der Waals surface area contributed by atoms with Crippen LogP contribution in [-0.4, -0.2) is 30.8 Å². The van der Waals surface area contributed by atoms with Crippen molar-refractivity contribution in [1.29, 1.82) is 0 Å². The van der Waals surface area contributed by atoms with E-state index >= 15 is 0 Å². The first-order chi connectivity index (χ1) is 9.25. The van der Waals surface area contributed by atoms with Gasteiger partial charge in [-0.05, 0) is 31.0 Å². The van der Waals surface area contributed by atoms with E-state index in [4.69, 9.17) is 29.6 Å². The largest absolute Gasteiger partial charge is 0.393 e. The van der Waals surface area contributed by atoms with Crippen LogP contribution in [0, 0.1) is 5.41 Å². The Bertz CT molecular complexity index is 623. The maximum Gasteiger partial charge on any atom is 0.243 e. The molecule has 0 spiro atoms. The van der Waals surface area contributed by atoms with Gasteiger partial charge in [0.15, 0.2) is 0 Å². The number of thiocarbonyl (C=S) groups is 1. The van der Waals surface area contributed by atoms with Crippen LogP contribution in [0.3, 0.4) is 0 Å². The van der Waals surface area contributed by atoms with Gasteiger partial charge < -0.3 is 5.73 Å². The molecule has 0 amide bonds. The number of piperidine rings is 1. The summed E-state index contributed by atoms with van der Waals surface area (Å²) in [6.07, 6.45) is 1.28. The molecule has 2 rings (SSSR count). The molecule has 1 fully saturated rings. The second-order valence-electron chi connectivity index (χ2n) is 5.29. The minimum atomic E-state index is -3.50. The second kappa shape index (κ2) is 5.60. The van der Waals surface area contributed by atoms with Gasteiger partial charge in [-0.1, -0.05) is 36.8 Å². The monoisotopic (exact) mass is 332 g/mol. The van der Waals surface area contributed by atoms with Crippen molar-refractivity contribution in [3.8, 4) is 0 Å². The lowest BCUT2D eigenvalue weighted by atomic mass is 9.81. The van der Waals surface area contributed by atoms with E-state index in [1.807, 2.05) is 6.92 Å². The lowest BCUT2D eigenvalue weighted by molar-refractivity contribution is 0.244. The fourth-order valence-corrected chi connectivity index (χ4v) is 4.19. The lowest BCUT2D eigenvalue weighted by Gasteiger charge is -2.37. The SMILES string of the molecule is CC1(C(N)=S)CCN(S(=O)(=O)c2cccc(Cl)c2)CC1. The summed E-state index contributed by atoms with van der Waals surface area (Å²) in [7, 11) is -3.50. The molecule has 0 saturated carbocycles. The molecule has 7 heteroatoms. The van der Waals surface area contributed by atoms with Gasteiger partial charge in [0.2, 0.25) is 10.0 Å². The van der Waals surface area contributed by atoms with Crippen molar-refractivity contribution in [3.05, 3.63) is 29.3 Å². The number of hydrogen-bond acceptors (Lipinski definition) is 3. The molecule has 20 heavy (non-hydrogen) atoms. The van der Waals surface area contributed by atoms with E-state index in [0.717, 1.165) is 0 Å². The molecule has 1 aliphatic heterocycles. The first-order valence-corrected chi connectivity index (χ1v) is 8.54. The molecule has 0 radical (unpaired) electrons. The van der Waals surface area contributed by atoms with Gasteiger partial charge in [0.25, 0.3) is 0 Å². The fourth-order valence-electron chi connectivity index (χ4n) is 2.24. The zero-order chi connectivity index (χ0) is 15.0. The smallest absolute Gasteiger partial charge is 0.243 e. The molecule has 4 nitrogen and oxygen atoms in total. The molecule has 0 bridgehead atoms. The van der Waals surface area contributed by atoms with Crippen LogP contribution >= 0.6 is 23.8 Å². The number of sulfonamides is 1. The van der Waals surface area contributed by atoms with Gasteiger partial charge in [-0.25, -0.2) is 8.42 Å². The van der Waals surface area contributed by atoms with Crippen LogP contribution in [0.5, 0.6) is 0 Å². The molecule has 1 aromatic carbocycles. The zero-order valence-electron chi connectivity index (χ0n) is 11.2. The third kappa shape index (κ3) is 2.98. The highest BCUT2D eigenvalue weighted by Gasteiger charge is 2.37. The molecule has 1 saturated heterocycles. The Hall–Kier alpha value is -0.690. The number of hydrogen-bond donors (Lipinski definition) is 1. The number of benzene rings is 1. The number of halogens is 1. The molecule has 0 aliphatic carbocycles. The van der Waals surface area contributed by atoms with Gasteiger partial charge >= 0.3 is 0 Å². The lowest BCUT2D eigenvalue weighted by Crippen LogP contribution is -2.46. The van der Waals surface area contributed by atoms with Crippen molar-refractivity contribution in [2.75, 3.05) is 13.1 Å². The summed E-state index contributed by atoms with van der Waals surface area (Å²) < 4.78 is 26.5. The highest BCUT2D eigenvalue weighted by atomic mass is 35.5. The number of nitrogens with two attached hydrogens (primary N) is 1. The Kier molecular flexibility index (Phi) is 4.39. The van der Waals surface area contributed by atoms with E-state index in [9.17, 15) is 8.42 Å². The van der Waals surface area contributed by atoms with E-state index in [2.05, 4.69) is 0 Å². The summed E-state index contributed by atoms with van der Waals surface area (Å²) in [6.45, 7) is 2.82. The maximum atomic E-state index is 12.5. The van der Waals surface area contributed by atoms with Crippen molar-refractivity contribution in [2.45, 2.75) is 24.7 Å². The van der Waals surface area contributed by atoms with Gasteiger partial charge in [-0.2, -0.15) is 4.31 Å². The Morgan fingerprint density at radius 2 is 2.00 bits per heavy atom. The van der Waals surface area contributed by atoms with E-state index in [0.29, 0.717) is 35.9 Å². The summed E-state index contributed by atoms with van der Waals surface area (Å²) in [5, 5.41) is 0.413. The topological polar surface area (TPSA) is 63.4 Å². The minimum Gasteiger partial charge on any atom is -0.393 e.